The van der Waals surface area contributed by atoms with Gasteiger partial charge in [-0.1, -0.05) is 0 Å². The van der Waals surface area contributed by atoms with Crippen molar-refractivity contribution in [3.05, 3.63) is 0 Å². The van der Waals surface area contributed by atoms with Gasteiger partial charge in [-0.3, -0.25) is 10.5 Å². The third-order valence-electron chi connectivity index (χ3n) is 0. The standard InChI is InChI=1S/H2O2.2Sr.4H/c1-2;;;;;;/h1-2H;;;;;;/q;2*+2;4*-1. The van der Waals surface area contributed by atoms with Crippen LogP contribution < -0.4 is 0 Å². The van der Waals surface area contributed by atoms with Crippen molar-refractivity contribution in [3.8, 4) is 0 Å². The van der Waals surface area contributed by atoms with E-state index >= 15 is 0 Å². The van der Waals surface area contributed by atoms with Crippen molar-refractivity contribution in [2.45, 2.75) is 0 Å². The van der Waals surface area contributed by atoms with Crippen LogP contribution in [0.3, 0.4) is 0 Å². The Labute approximate surface area is 105 Å². The number of hydrogen-bond acceptors (Lipinski definition) is 2. The van der Waals surface area contributed by atoms with Crippen LogP contribution in [0.5, 0.6) is 0 Å². The molecule has 0 spiro atoms. The fourth-order valence-electron chi connectivity index (χ4n) is 0. The van der Waals surface area contributed by atoms with Gasteiger partial charge in [-0.05, 0) is 0 Å². The molecule has 0 saturated carbocycles. The van der Waals surface area contributed by atoms with Gasteiger partial charge in [0.15, 0.2) is 0 Å². The van der Waals surface area contributed by atoms with E-state index in [1.807, 2.05) is 0 Å². The topological polar surface area (TPSA) is 40.5 Å². The van der Waals surface area contributed by atoms with Gasteiger partial charge < -0.3 is 5.71 Å². The van der Waals surface area contributed by atoms with Gasteiger partial charge >= 0.3 is 91.0 Å². The van der Waals surface area contributed by atoms with Crippen LogP contribution in [-0.2, 0) is 0 Å². The molecule has 0 aromatic heterocycles. The Morgan fingerprint density at radius 1 is 1.00 bits per heavy atom. The summed E-state index contributed by atoms with van der Waals surface area (Å²) in [5.41, 5.74) is 0. The molecule has 4 heavy (non-hydrogen) atoms. The quantitative estimate of drug-likeness (QED) is 0.330. The fourth-order valence-corrected chi connectivity index (χ4v) is 0. The summed E-state index contributed by atoms with van der Waals surface area (Å²) in [4.78, 5) is 0. The second-order valence-electron chi connectivity index (χ2n) is 0. The van der Waals surface area contributed by atoms with E-state index in [-0.39, 0.29) is 96.7 Å². The van der Waals surface area contributed by atoms with E-state index in [1.54, 1.807) is 0 Å². The molecule has 0 atom stereocenters. The molecule has 4 heteroatoms. The average molecular weight is 213 g/mol. The van der Waals surface area contributed by atoms with Crippen LogP contribution in [0.4, 0.5) is 0 Å². The smallest absolute Gasteiger partial charge is 1.00 e. The van der Waals surface area contributed by atoms with E-state index in [1.165, 1.54) is 0 Å². The molecular formula is H6O2Sr2. The maximum Gasteiger partial charge on any atom is 2.00 e. The van der Waals surface area contributed by atoms with E-state index in [4.69, 9.17) is 10.5 Å². The van der Waals surface area contributed by atoms with Gasteiger partial charge in [-0.2, -0.15) is 0 Å². The molecule has 0 radical (unpaired) electrons. The van der Waals surface area contributed by atoms with Crippen LogP contribution in [-0.4, -0.2) is 101 Å². The maximum absolute atomic E-state index is 6.00. The summed E-state index contributed by atoms with van der Waals surface area (Å²) in [6.07, 6.45) is 0. The van der Waals surface area contributed by atoms with Crippen molar-refractivity contribution < 1.29 is 16.2 Å². The third kappa shape index (κ3) is 8.86. The molecule has 0 unspecified atom stereocenters. The van der Waals surface area contributed by atoms with Gasteiger partial charge in [0.2, 0.25) is 0 Å². The van der Waals surface area contributed by atoms with Crippen molar-refractivity contribution in [2.75, 3.05) is 0 Å². The van der Waals surface area contributed by atoms with Gasteiger partial charge in [0.25, 0.3) is 0 Å². The molecule has 0 aliphatic rings. The maximum atomic E-state index is 6.00. The van der Waals surface area contributed by atoms with Gasteiger partial charge in [0.1, 0.15) is 0 Å². The molecule has 0 aliphatic heterocycles. The molecule has 22 valence electrons. The van der Waals surface area contributed by atoms with Crippen molar-refractivity contribution in [1.29, 1.82) is 0 Å². The van der Waals surface area contributed by atoms with Gasteiger partial charge in [-0.15, -0.1) is 0 Å². The molecule has 0 aliphatic carbocycles. The minimum atomic E-state index is 0. The molecule has 0 saturated heterocycles. The summed E-state index contributed by atoms with van der Waals surface area (Å²) in [6, 6.07) is 0. The largest absolute Gasteiger partial charge is 2.00 e. The molecule has 0 rings (SSSR count). The molecule has 0 fully saturated rings. The first kappa shape index (κ1) is 15.8. The van der Waals surface area contributed by atoms with Gasteiger partial charge in [0, 0.05) is 0 Å². The Balaban J connectivity index is -0.000000000333. The predicted molar refractivity (Wildman–Crippen MR) is 21.2 cm³/mol. The van der Waals surface area contributed by atoms with Crippen molar-refractivity contribution >= 4 is 91.0 Å². The van der Waals surface area contributed by atoms with Crippen molar-refractivity contribution in [1.82, 2.24) is 0 Å². The van der Waals surface area contributed by atoms with Crippen LogP contribution in [0.1, 0.15) is 5.71 Å². The molecule has 0 amide bonds. The Morgan fingerprint density at radius 2 is 1.00 bits per heavy atom. The van der Waals surface area contributed by atoms with Crippen LogP contribution >= 0.6 is 0 Å². The first-order valence-electron chi connectivity index (χ1n) is 0.200. The summed E-state index contributed by atoms with van der Waals surface area (Å²) >= 11 is 0. The monoisotopic (exact) mass is 214 g/mol. The Hall–Kier alpha value is 2.88. The number of rotatable bonds is 0. The minimum Gasteiger partial charge on any atom is -1.00 e. The van der Waals surface area contributed by atoms with Gasteiger partial charge in [-0.25, -0.2) is 0 Å². The minimum absolute atomic E-state index is 0. The zero-order valence-electron chi connectivity index (χ0n) is 6.31. The van der Waals surface area contributed by atoms with Crippen molar-refractivity contribution in [3.63, 3.8) is 0 Å². The summed E-state index contributed by atoms with van der Waals surface area (Å²) in [6.45, 7) is 0. The Morgan fingerprint density at radius 3 is 1.00 bits per heavy atom. The molecule has 2 N–H and O–H groups in total. The zero-order valence-corrected chi connectivity index (χ0v) is 9.26. The van der Waals surface area contributed by atoms with E-state index in [0.29, 0.717) is 0 Å². The first-order valence-corrected chi connectivity index (χ1v) is 0.200. The Kier molecular flexibility index (Phi) is 66.7. The SMILES string of the molecule is OO.[H-].[H-].[H-].[H-].[Sr+2].[Sr+2]. The van der Waals surface area contributed by atoms with E-state index in [2.05, 4.69) is 0 Å². The molecule has 0 aromatic carbocycles. The summed E-state index contributed by atoms with van der Waals surface area (Å²) in [5.74, 6) is 0. The third-order valence-corrected chi connectivity index (χ3v) is 0. The van der Waals surface area contributed by atoms with Crippen LogP contribution in [0, 0.1) is 0 Å². The second kappa shape index (κ2) is 16.9. The summed E-state index contributed by atoms with van der Waals surface area (Å²) in [5, 5.41) is 12.0. The van der Waals surface area contributed by atoms with Crippen LogP contribution in [0.2, 0.25) is 0 Å². The molecule has 2 nitrogen and oxygen atoms in total. The average Bonchev–Trinajstić information content (AvgIpc) is 1.00. The first-order chi connectivity index (χ1) is 1.00. The summed E-state index contributed by atoms with van der Waals surface area (Å²) < 4.78 is 0. The van der Waals surface area contributed by atoms with Crippen molar-refractivity contribution in [2.24, 2.45) is 0 Å². The van der Waals surface area contributed by atoms with Crippen LogP contribution in [0.15, 0.2) is 0 Å². The van der Waals surface area contributed by atoms with Gasteiger partial charge in [0.05, 0.1) is 0 Å². The molecule has 0 aromatic rings. The predicted octanol–water partition coefficient (Wildman–Crippen LogP) is -0.294. The second-order valence-corrected chi connectivity index (χ2v) is 0. The number of hydrogen-bond donors (Lipinski definition) is 2. The fraction of sp³-hybridized carbons (Fsp3) is 0. The summed E-state index contributed by atoms with van der Waals surface area (Å²) in [7, 11) is 0. The molecule has 0 heterocycles. The van der Waals surface area contributed by atoms with Crippen LogP contribution in [0.25, 0.3) is 0 Å². The molecule has 0 bridgehead atoms. The molecular weight excluding hydrogens is 207 g/mol. The zero-order chi connectivity index (χ0) is 2.00. The van der Waals surface area contributed by atoms with E-state index in [0.717, 1.165) is 0 Å². The van der Waals surface area contributed by atoms with E-state index < -0.39 is 0 Å². The normalized spacial score (nSPS) is 1.50. The Bertz CT molecular complexity index is 12.0. The van der Waals surface area contributed by atoms with E-state index in [9.17, 15) is 0 Å².